The van der Waals surface area contributed by atoms with Crippen molar-refractivity contribution >= 4 is 11.8 Å². The lowest BCUT2D eigenvalue weighted by Gasteiger charge is -2.00. The third-order valence-electron chi connectivity index (χ3n) is 3.11. The van der Waals surface area contributed by atoms with Gasteiger partial charge in [-0.1, -0.05) is 23.9 Å². The van der Waals surface area contributed by atoms with Gasteiger partial charge in [-0.3, -0.25) is 5.10 Å². The molecule has 0 saturated carbocycles. The number of rotatable bonds is 5. The lowest BCUT2D eigenvalue weighted by Crippen LogP contribution is -1.84. The first-order valence-corrected chi connectivity index (χ1v) is 7.67. The second-order valence-corrected chi connectivity index (χ2v) is 5.55. The molecule has 0 amide bonds. The molecule has 112 valence electrons. The van der Waals surface area contributed by atoms with Gasteiger partial charge in [0.25, 0.3) is 0 Å². The van der Waals surface area contributed by atoms with E-state index in [1.165, 1.54) is 23.9 Å². The van der Waals surface area contributed by atoms with Crippen molar-refractivity contribution in [3.8, 4) is 17.1 Å². The number of H-pyrrole nitrogens is 1. The lowest BCUT2D eigenvalue weighted by atomic mass is 10.2. The Morgan fingerprint density at radius 2 is 1.82 bits per heavy atom. The van der Waals surface area contributed by atoms with E-state index in [1.54, 1.807) is 19.2 Å². The standard InChI is InChI=1S/C16H14FN3OS/c1-21-14-8-4-12(5-9-14)15-18-16(20-19-15)22-10-11-2-6-13(17)7-3-11/h2-9H,10H2,1H3,(H,18,19,20). The maximum absolute atomic E-state index is 12.8. The topological polar surface area (TPSA) is 50.8 Å². The zero-order valence-corrected chi connectivity index (χ0v) is 12.7. The van der Waals surface area contributed by atoms with Gasteiger partial charge in [0.2, 0.25) is 5.16 Å². The van der Waals surface area contributed by atoms with Crippen molar-refractivity contribution in [3.05, 3.63) is 59.9 Å². The summed E-state index contributed by atoms with van der Waals surface area (Å²) in [5.74, 6) is 1.98. The van der Waals surface area contributed by atoms with E-state index in [2.05, 4.69) is 15.2 Å². The quantitative estimate of drug-likeness (QED) is 0.725. The molecule has 0 spiro atoms. The van der Waals surface area contributed by atoms with Gasteiger partial charge in [-0.15, -0.1) is 5.10 Å². The molecule has 4 nitrogen and oxygen atoms in total. The predicted octanol–water partition coefficient (Wildman–Crippen LogP) is 3.91. The van der Waals surface area contributed by atoms with Crippen molar-refractivity contribution < 1.29 is 9.13 Å². The second kappa shape index (κ2) is 6.62. The highest BCUT2D eigenvalue weighted by atomic mass is 32.2. The fourth-order valence-electron chi connectivity index (χ4n) is 1.92. The summed E-state index contributed by atoms with van der Waals surface area (Å²) in [6.45, 7) is 0. The van der Waals surface area contributed by atoms with E-state index < -0.39 is 0 Å². The Morgan fingerprint density at radius 1 is 1.09 bits per heavy atom. The van der Waals surface area contributed by atoms with Gasteiger partial charge in [0, 0.05) is 11.3 Å². The van der Waals surface area contributed by atoms with E-state index in [9.17, 15) is 4.39 Å². The van der Waals surface area contributed by atoms with E-state index in [-0.39, 0.29) is 5.82 Å². The third kappa shape index (κ3) is 3.46. The van der Waals surface area contributed by atoms with Gasteiger partial charge in [-0.05, 0) is 42.0 Å². The fraction of sp³-hybridized carbons (Fsp3) is 0.125. The van der Waals surface area contributed by atoms with Gasteiger partial charge in [0.05, 0.1) is 7.11 Å². The molecule has 0 radical (unpaired) electrons. The van der Waals surface area contributed by atoms with Crippen molar-refractivity contribution in [3.63, 3.8) is 0 Å². The smallest absolute Gasteiger partial charge is 0.209 e. The molecule has 0 atom stereocenters. The lowest BCUT2D eigenvalue weighted by molar-refractivity contribution is 0.415. The van der Waals surface area contributed by atoms with Crippen molar-refractivity contribution in [1.29, 1.82) is 0 Å². The minimum atomic E-state index is -0.228. The number of hydrogen-bond donors (Lipinski definition) is 1. The molecule has 0 bridgehead atoms. The molecule has 1 N–H and O–H groups in total. The Hall–Kier alpha value is -2.34. The molecule has 6 heteroatoms. The minimum Gasteiger partial charge on any atom is -0.497 e. The molecular weight excluding hydrogens is 301 g/mol. The molecule has 1 aromatic heterocycles. The van der Waals surface area contributed by atoms with Crippen LogP contribution in [0.3, 0.4) is 0 Å². The summed E-state index contributed by atoms with van der Waals surface area (Å²) in [4.78, 5) is 4.45. The molecule has 22 heavy (non-hydrogen) atoms. The number of aromatic amines is 1. The molecule has 3 rings (SSSR count). The van der Waals surface area contributed by atoms with Crippen LogP contribution < -0.4 is 4.74 Å². The van der Waals surface area contributed by atoms with Crippen LogP contribution in [0.4, 0.5) is 4.39 Å². The van der Waals surface area contributed by atoms with Crippen LogP contribution in [-0.2, 0) is 5.75 Å². The molecule has 1 heterocycles. The Kier molecular flexibility index (Phi) is 4.39. The average molecular weight is 315 g/mol. The van der Waals surface area contributed by atoms with E-state index in [0.29, 0.717) is 16.7 Å². The summed E-state index contributed by atoms with van der Waals surface area (Å²) < 4.78 is 18.0. The number of methoxy groups -OCH3 is 1. The largest absolute Gasteiger partial charge is 0.497 e. The molecule has 0 aliphatic carbocycles. The first-order chi connectivity index (χ1) is 10.7. The Labute approximate surface area is 131 Å². The number of hydrogen-bond acceptors (Lipinski definition) is 4. The van der Waals surface area contributed by atoms with Crippen LogP contribution in [0.2, 0.25) is 0 Å². The van der Waals surface area contributed by atoms with E-state index in [4.69, 9.17) is 4.74 Å². The Balaban J connectivity index is 1.66. The average Bonchev–Trinajstić information content (AvgIpc) is 3.03. The van der Waals surface area contributed by atoms with Crippen molar-refractivity contribution in [1.82, 2.24) is 15.2 Å². The molecule has 0 aliphatic rings. The Bertz CT molecular complexity index is 741. The second-order valence-electron chi connectivity index (χ2n) is 4.61. The summed E-state index contributed by atoms with van der Waals surface area (Å²) >= 11 is 1.50. The van der Waals surface area contributed by atoms with E-state index in [0.717, 1.165) is 16.9 Å². The van der Waals surface area contributed by atoms with Crippen LogP contribution >= 0.6 is 11.8 Å². The number of thioether (sulfide) groups is 1. The number of benzene rings is 2. The van der Waals surface area contributed by atoms with Gasteiger partial charge in [0.1, 0.15) is 11.6 Å². The van der Waals surface area contributed by atoms with Crippen LogP contribution in [0.15, 0.2) is 53.7 Å². The van der Waals surface area contributed by atoms with Crippen LogP contribution in [0.25, 0.3) is 11.4 Å². The van der Waals surface area contributed by atoms with Crippen molar-refractivity contribution in [2.45, 2.75) is 10.9 Å². The minimum absolute atomic E-state index is 0.228. The van der Waals surface area contributed by atoms with E-state index in [1.807, 2.05) is 24.3 Å². The molecule has 0 fully saturated rings. The normalized spacial score (nSPS) is 10.6. The third-order valence-corrected chi connectivity index (χ3v) is 4.03. The number of ether oxygens (including phenoxy) is 1. The van der Waals surface area contributed by atoms with Crippen molar-refractivity contribution in [2.75, 3.05) is 7.11 Å². The van der Waals surface area contributed by atoms with Gasteiger partial charge in [-0.2, -0.15) is 0 Å². The number of aromatic nitrogens is 3. The maximum Gasteiger partial charge on any atom is 0.209 e. The van der Waals surface area contributed by atoms with Crippen LogP contribution in [0.5, 0.6) is 5.75 Å². The molecule has 0 unspecified atom stereocenters. The van der Waals surface area contributed by atoms with Crippen LogP contribution in [0, 0.1) is 5.82 Å². The summed E-state index contributed by atoms with van der Waals surface area (Å²) in [5, 5.41) is 7.77. The van der Waals surface area contributed by atoms with Gasteiger partial charge < -0.3 is 4.74 Å². The monoisotopic (exact) mass is 315 g/mol. The fourth-order valence-corrected chi connectivity index (χ4v) is 2.67. The highest BCUT2D eigenvalue weighted by molar-refractivity contribution is 7.98. The maximum atomic E-state index is 12.8. The van der Waals surface area contributed by atoms with E-state index >= 15 is 0 Å². The predicted molar refractivity (Wildman–Crippen MR) is 84.3 cm³/mol. The summed E-state index contributed by atoms with van der Waals surface area (Å²) in [5.41, 5.74) is 1.98. The van der Waals surface area contributed by atoms with Crippen LogP contribution in [0.1, 0.15) is 5.56 Å². The SMILES string of the molecule is COc1ccc(-c2nc(SCc3ccc(F)cc3)n[nH]2)cc1. The molecular formula is C16H14FN3OS. The summed E-state index contributed by atoms with van der Waals surface area (Å²) in [6, 6.07) is 14.0. The van der Waals surface area contributed by atoms with Gasteiger partial charge >= 0.3 is 0 Å². The highest BCUT2D eigenvalue weighted by Gasteiger charge is 2.07. The first-order valence-electron chi connectivity index (χ1n) is 6.68. The zero-order valence-electron chi connectivity index (χ0n) is 11.9. The van der Waals surface area contributed by atoms with Gasteiger partial charge in [-0.25, -0.2) is 9.37 Å². The molecule has 2 aromatic carbocycles. The first kappa shape index (κ1) is 14.6. The van der Waals surface area contributed by atoms with Gasteiger partial charge in [0.15, 0.2) is 5.82 Å². The molecule has 3 aromatic rings. The highest BCUT2D eigenvalue weighted by Crippen LogP contribution is 2.23. The summed E-state index contributed by atoms with van der Waals surface area (Å²) in [6.07, 6.45) is 0. The number of halogens is 1. The summed E-state index contributed by atoms with van der Waals surface area (Å²) in [7, 11) is 1.63. The number of nitrogens with one attached hydrogen (secondary N) is 1. The Morgan fingerprint density at radius 3 is 2.50 bits per heavy atom. The van der Waals surface area contributed by atoms with Crippen LogP contribution in [-0.4, -0.2) is 22.3 Å². The zero-order chi connectivity index (χ0) is 15.4. The van der Waals surface area contributed by atoms with Crippen molar-refractivity contribution in [2.24, 2.45) is 0 Å². The number of nitrogens with zero attached hydrogens (tertiary/aromatic N) is 2. The molecule has 0 aliphatic heterocycles. The molecule has 0 saturated heterocycles.